The minimum atomic E-state index is -0.778. The summed E-state index contributed by atoms with van der Waals surface area (Å²) in [6.45, 7) is 1.86. The summed E-state index contributed by atoms with van der Waals surface area (Å²) in [6, 6.07) is 9.62. The maximum atomic E-state index is 13.1. The molecule has 0 saturated carbocycles. The van der Waals surface area contributed by atoms with Gasteiger partial charge >= 0.3 is 0 Å². The van der Waals surface area contributed by atoms with Crippen molar-refractivity contribution in [3.05, 3.63) is 59.7 Å². The van der Waals surface area contributed by atoms with Crippen LogP contribution in [0.1, 0.15) is 24.3 Å². The molecule has 0 spiro atoms. The summed E-state index contributed by atoms with van der Waals surface area (Å²) in [4.78, 5) is 4.12. The van der Waals surface area contributed by atoms with Gasteiger partial charge in [-0.25, -0.2) is 4.39 Å². The molecular weight excluding hydrogens is 233 g/mol. The molecule has 3 nitrogen and oxygen atoms in total. The molecular formula is C14H14FNO2. The fraction of sp³-hybridized carbons (Fsp3) is 0.214. The van der Waals surface area contributed by atoms with Gasteiger partial charge in [0.2, 0.25) is 0 Å². The lowest BCUT2D eigenvalue weighted by molar-refractivity contribution is 0.189. The number of benzene rings is 1. The molecule has 2 rings (SSSR count). The Balaban J connectivity index is 2.14. The molecule has 0 fully saturated rings. The van der Waals surface area contributed by atoms with Crippen molar-refractivity contribution in [3.63, 3.8) is 0 Å². The van der Waals surface area contributed by atoms with E-state index in [1.165, 1.54) is 18.2 Å². The van der Waals surface area contributed by atoms with Gasteiger partial charge in [-0.3, -0.25) is 4.98 Å². The van der Waals surface area contributed by atoms with E-state index in [0.29, 0.717) is 11.3 Å². The van der Waals surface area contributed by atoms with Gasteiger partial charge in [0, 0.05) is 11.8 Å². The van der Waals surface area contributed by atoms with Crippen LogP contribution in [0.2, 0.25) is 0 Å². The van der Waals surface area contributed by atoms with Crippen LogP contribution in [0.4, 0.5) is 4.39 Å². The fourth-order valence-electron chi connectivity index (χ4n) is 1.61. The highest BCUT2D eigenvalue weighted by molar-refractivity contribution is 5.35. The largest absolute Gasteiger partial charge is 0.487 e. The number of pyridine rings is 1. The molecule has 1 aromatic heterocycles. The number of aromatic nitrogens is 1. The lowest BCUT2D eigenvalue weighted by Crippen LogP contribution is -2.02. The number of hydrogen-bond donors (Lipinski definition) is 1. The van der Waals surface area contributed by atoms with Crippen molar-refractivity contribution in [1.29, 1.82) is 0 Å². The van der Waals surface area contributed by atoms with Gasteiger partial charge < -0.3 is 9.84 Å². The SMILES string of the molecule is C[C@H](O)c1cc(F)ccc1OCc1ccccn1. The van der Waals surface area contributed by atoms with Gasteiger partial charge in [0.25, 0.3) is 0 Å². The number of ether oxygens (including phenoxy) is 1. The van der Waals surface area contributed by atoms with E-state index in [-0.39, 0.29) is 6.61 Å². The van der Waals surface area contributed by atoms with Crippen LogP contribution in [0.15, 0.2) is 42.6 Å². The second kappa shape index (κ2) is 5.60. The molecule has 0 aliphatic heterocycles. The molecule has 94 valence electrons. The first-order valence-electron chi connectivity index (χ1n) is 5.67. The van der Waals surface area contributed by atoms with Crippen LogP contribution >= 0.6 is 0 Å². The van der Waals surface area contributed by atoms with Gasteiger partial charge in [0.15, 0.2) is 0 Å². The molecule has 18 heavy (non-hydrogen) atoms. The van der Waals surface area contributed by atoms with Gasteiger partial charge in [-0.05, 0) is 37.3 Å². The Morgan fingerprint density at radius 1 is 1.33 bits per heavy atom. The molecule has 1 heterocycles. The second-order valence-electron chi connectivity index (χ2n) is 3.97. The van der Waals surface area contributed by atoms with Gasteiger partial charge in [-0.2, -0.15) is 0 Å². The van der Waals surface area contributed by atoms with Crippen LogP contribution in [0.5, 0.6) is 5.75 Å². The van der Waals surface area contributed by atoms with Crippen LogP contribution in [0.25, 0.3) is 0 Å². The van der Waals surface area contributed by atoms with Crippen molar-refractivity contribution < 1.29 is 14.2 Å². The zero-order valence-electron chi connectivity index (χ0n) is 10.0. The maximum absolute atomic E-state index is 13.1. The van der Waals surface area contributed by atoms with Gasteiger partial charge in [-0.1, -0.05) is 6.07 Å². The molecule has 1 aromatic carbocycles. The minimum Gasteiger partial charge on any atom is -0.487 e. The van der Waals surface area contributed by atoms with E-state index in [4.69, 9.17) is 4.74 Å². The normalized spacial score (nSPS) is 12.2. The molecule has 0 unspecified atom stereocenters. The molecule has 0 bridgehead atoms. The highest BCUT2D eigenvalue weighted by atomic mass is 19.1. The topological polar surface area (TPSA) is 42.4 Å². The number of hydrogen-bond acceptors (Lipinski definition) is 3. The van der Waals surface area contributed by atoms with Crippen molar-refractivity contribution in [2.45, 2.75) is 19.6 Å². The monoisotopic (exact) mass is 247 g/mol. The molecule has 0 aliphatic carbocycles. The van der Waals surface area contributed by atoms with Gasteiger partial charge in [-0.15, -0.1) is 0 Å². The zero-order chi connectivity index (χ0) is 13.0. The quantitative estimate of drug-likeness (QED) is 0.903. The number of nitrogens with zero attached hydrogens (tertiary/aromatic N) is 1. The Morgan fingerprint density at radius 2 is 2.17 bits per heavy atom. The summed E-state index contributed by atoms with van der Waals surface area (Å²) in [5, 5.41) is 9.56. The highest BCUT2D eigenvalue weighted by Gasteiger charge is 2.10. The highest BCUT2D eigenvalue weighted by Crippen LogP contribution is 2.26. The zero-order valence-corrected chi connectivity index (χ0v) is 10.0. The van der Waals surface area contributed by atoms with E-state index in [2.05, 4.69) is 4.98 Å². The Labute approximate surface area is 105 Å². The summed E-state index contributed by atoms with van der Waals surface area (Å²) < 4.78 is 18.6. The molecule has 2 aromatic rings. The number of aliphatic hydroxyl groups excluding tert-OH is 1. The third-order valence-corrected chi connectivity index (χ3v) is 2.52. The third kappa shape index (κ3) is 3.05. The number of rotatable bonds is 4. The van der Waals surface area contributed by atoms with Crippen LogP contribution < -0.4 is 4.74 Å². The Bertz CT molecular complexity index is 514. The summed E-state index contributed by atoms with van der Waals surface area (Å²) in [5.41, 5.74) is 1.21. The Hall–Kier alpha value is -1.94. The van der Waals surface area contributed by atoms with Crippen molar-refractivity contribution >= 4 is 0 Å². The summed E-state index contributed by atoms with van der Waals surface area (Å²) in [5.74, 6) is 0.0770. The van der Waals surface area contributed by atoms with E-state index < -0.39 is 11.9 Å². The lowest BCUT2D eigenvalue weighted by atomic mass is 10.1. The third-order valence-electron chi connectivity index (χ3n) is 2.52. The Morgan fingerprint density at radius 3 is 2.83 bits per heavy atom. The summed E-state index contributed by atoms with van der Waals surface area (Å²) >= 11 is 0. The van der Waals surface area contributed by atoms with E-state index in [9.17, 15) is 9.50 Å². The van der Waals surface area contributed by atoms with Crippen LogP contribution in [0, 0.1) is 5.82 Å². The summed E-state index contributed by atoms with van der Waals surface area (Å²) in [7, 11) is 0. The Kier molecular flexibility index (Phi) is 3.89. The molecule has 0 amide bonds. The average Bonchev–Trinajstić information content (AvgIpc) is 2.38. The van der Waals surface area contributed by atoms with Crippen molar-refractivity contribution in [2.24, 2.45) is 0 Å². The molecule has 0 aliphatic rings. The predicted molar refractivity (Wildman–Crippen MR) is 65.6 cm³/mol. The first-order valence-corrected chi connectivity index (χ1v) is 5.67. The molecule has 4 heteroatoms. The standard InChI is InChI=1S/C14H14FNO2/c1-10(17)13-8-11(15)5-6-14(13)18-9-12-4-2-3-7-16-12/h2-8,10,17H,9H2,1H3/t10-/m0/s1. The number of halogens is 1. The van der Waals surface area contributed by atoms with E-state index >= 15 is 0 Å². The smallest absolute Gasteiger partial charge is 0.130 e. The molecule has 0 radical (unpaired) electrons. The average molecular weight is 247 g/mol. The predicted octanol–water partition coefficient (Wildman–Crippen LogP) is 2.85. The fourth-order valence-corrected chi connectivity index (χ4v) is 1.61. The van der Waals surface area contributed by atoms with Crippen LogP contribution in [-0.4, -0.2) is 10.1 Å². The van der Waals surface area contributed by atoms with Gasteiger partial charge in [0.05, 0.1) is 11.8 Å². The van der Waals surface area contributed by atoms with Gasteiger partial charge in [0.1, 0.15) is 18.2 Å². The minimum absolute atomic E-state index is 0.284. The molecule has 1 N–H and O–H groups in total. The second-order valence-corrected chi connectivity index (χ2v) is 3.97. The molecule has 1 atom stereocenters. The van der Waals surface area contributed by atoms with Crippen molar-refractivity contribution in [2.75, 3.05) is 0 Å². The summed E-state index contributed by atoms with van der Waals surface area (Å²) in [6.07, 6.45) is 0.901. The van der Waals surface area contributed by atoms with E-state index in [0.717, 1.165) is 5.69 Å². The van der Waals surface area contributed by atoms with E-state index in [1.54, 1.807) is 13.1 Å². The van der Waals surface area contributed by atoms with Crippen molar-refractivity contribution in [3.8, 4) is 5.75 Å². The first-order chi connectivity index (χ1) is 8.66. The number of aliphatic hydroxyl groups is 1. The first kappa shape index (κ1) is 12.5. The van der Waals surface area contributed by atoms with Crippen LogP contribution in [-0.2, 0) is 6.61 Å². The maximum Gasteiger partial charge on any atom is 0.130 e. The lowest BCUT2D eigenvalue weighted by Gasteiger charge is -2.13. The van der Waals surface area contributed by atoms with Crippen molar-refractivity contribution in [1.82, 2.24) is 4.98 Å². The van der Waals surface area contributed by atoms with E-state index in [1.807, 2.05) is 18.2 Å². The molecule has 0 saturated heterocycles. The van der Waals surface area contributed by atoms with Crippen LogP contribution in [0.3, 0.4) is 0 Å².